The van der Waals surface area contributed by atoms with Gasteiger partial charge in [-0.15, -0.1) is 0 Å². The van der Waals surface area contributed by atoms with Gasteiger partial charge in [0.2, 0.25) is 0 Å². The van der Waals surface area contributed by atoms with Crippen molar-refractivity contribution >= 4 is 40.9 Å². The largest absolute Gasteiger partial charge is 0.452 e. The molecule has 1 heterocycles. The van der Waals surface area contributed by atoms with Gasteiger partial charge >= 0.3 is 5.97 Å². The van der Waals surface area contributed by atoms with E-state index < -0.39 is 18.5 Å². The number of benzene rings is 1. The lowest BCUT2D eigenvalue weighted by Gasteiger charge is -2.09. The summed E-state index contributed by atoms with van der Waals surface area (Å²) in [4.78, 5) is 27.7. The first-order chi connectivity index (χ1) is 12.3. The van der Waals surface area contributed by atoms with Crippen LogP contribution in [-0.4, -0.2) is 29.6 Å². The van der Waals surface area contributed by atoms with Crippen molar-refractivity contribution in [1.82, 2.24) is 4.98 Å². The van der Waals surface area contributed by atoms with E-state index in [-0.39, 0.29) is 16.9 Å². The molecule has 0 unspecified atom stereocenters. The summed E-state index contributed by atoms with van der Waals surface area (Å²) < 4.78 is 10.5. The first-order valence-electron chi connectivity index (χ1n) is 7.83. The van der Waals surface area contributed by atoms with Crippen molar-refractivity contribution in [2.45, 2.75) is 26.6 Å². The fraction of sp³-hybridized carbons (Fsp3) is 0.278. The number of esters is 1. The molecule has 0 saturated heterocycles. The summed E-state index contributed by atoms with van der Waals surface area (Å²) in [6, 6.07) is 8.24. The van der Waals surface area contributed by atoms with Gasteiger partial charge in [0.15, 0.2) is 12.4 Å². The third kappa shape index (κ3) is 6.29. The monoisotopic (exact) mass is 396 g/mol. The molecule has 0 radical (unpaired) electrons. The van der Waals surface area contributed by atoms with Crippen LogP contribution in [0.3, 0.4) is 0 Å². The van der Waals surface area contributed by atoms with Gasteiger partial charge in [-0.05, 0) is 37.6 Å². The predicted octanol–water partition coefficient (Wildman–Crippen LogP) is 4.11. The average molecular weight is 397 g/mol. The van der Waals surface area contributed by atoms with E-state index in [1.807, 2.05) is 13.8 Å². The SMILES string of the molecule is CC(C)OCc1ccc(C(=O)OCC(=O)Nc2ncc(Cl)cc2Cl)cc1. The molecular formula is C18H18Cl2N2O4. The molecular weight excluding hydrogens is 379 g/mol. The normalized spacial score (nSPS) is 10.7. The zero-order chi connectivity index (χ0) is 19.1. The van der Waals surface area contributed by atoms with Crippen molar-refractivity contribution in [1.29, 1.82) is 0 Å². The highest BCUT2D eigenvalue weighted by Crippen LogP contribution is 2.22. The molecule has 0 aliphatic carbocycles. The van der Waals surface area contributed by atoms with Gasteiger partial charge < -0.3 is 14.8 Å². The summed E-state index contributed by atoms with van der Waals surface area (Å²) in [5.41, 5.74) is 1.28. The van der Waals surface area contributed by atoms with Gasteiger partial charge in [0, 0.05) is 6.20 Å². The first-order valence-corrected chi connectivity index (χ1v) is 8.59. The summed E-state index contributed by atoms with van der Waals surface area (Å²) in [6.07, 6.45) is 1.47. The minimum absolute atomic E-state index is 0.127. The Kier molecular flexibility index (Phi) is 7.38. The average Bonchev–Trinajstić information content (AvgIpc) is 2.60. The van der Waals surface area contributed by atoms with Gasteiger partial charge in [0.1, 0.15) is 0 Å². The first kappa shape index (κ1) is 20.2. The van der Waals surface area contributed by atoms with Crippen LogP contribution in [0, 0.1) is 0 Å². The van der Waals surface area contributed by atoms with E-state index >= 15 is 0 Å². The van der Waals surface area contributed by atoms with E-state index in [2.05, 4.69) is 10.3 Å². The number of carbonyl (C=O) groups is 2. The third-order valence-corrected chi connectivity index (χ3v) is 3.67. The lowest BCUT2D eigenvalue weighted by molar-refractivity contribution is -0.119. The summed E-state index contributed by atoms with van der Waals surface area (Å²) in [5.74, 6) is -1.02. The molecule has 1 amide bonds. The number of hydrogen-bond acceptors (Lipinski definition) is 5. The molecule has 0 aliphatic rings. The summed E-state index contributed by atoms with van der Waals surface area (Å²) >= 11 is 11.6. The standard InChI is InChI=1S/C18H18Cl2N2O4/c1-11(2)25-9-12-3-5-13(6-4-12)18(24)26-10-16(23)22-17-15(20)7-14(19)8-21-17/h3-8,11H,9-10H2,1-2H3,(H,21,22,23). The Morgan fingerprint density at radius 2 is 1.88 bits per heavy atom. The molecule has 0 spiro atoms. The summed E-state index contributed by atoms with van der Waals surface area (Å²) in [5, 5.41) is 2.99. The molecule has 1 N–H and O–H groups in total. The molecule has 6 nitrogen and oxygen atoms in total. The second kappa shape index (κ2) is 9.52. The van der Waals surface area contributed by atoms with Gasteiger partial charge in [-0.25, -0.2) is 9.78 Å². The van der Waals surface area contributed by atoms with Crippen LogP contribution in [0.2, 0.25) is 10.0 Å². The molecule has 8 heteroatoms. The molecule has 2 rings (SSSR count). The molecule has 0 saturated carbocycles. The predicted molar refractivity (Wildman–Crippen MR) is 99.5 cm³/mol. The number of halogens is 2. The van der Waals surface area contributed by atoms with Crippen LogP contribution in [0.25, 0.3) is 0 Å². The number of anilines is 1. The van der Waals surface area contributed by atoms with Crippen LogP contribution < -0.4 is 5.32 Å². The highest BCUT2D eigenvalue weighted by atomic mass is 35.5. The summed E-state index contributed by atoms with van der Waals surface area (Å²) in [6.45, 7) is 3.90. The van der Waals surface area contributed by atoms with Crippen molar-refractivity contribution in [3.63, 3.8) is 0 Å². The zero-order valence-electron chi connectivity index (χ0n) is 14.3. The smallest absolute Gasteiger partial charge is 0.338 e. The molecule has 0 aliphatic heterocycles. The highest BCUT2D eigenvalue weighted by Gasteiger charge is 2.12. The Morgan fingerprint density at radius 3 is 2.50 bits per heavy atom. The van der Waals surface area contributed by atoms with E-state index in [0.717, 1.165) is 5.56 Å². The molecule has 0 bridgehead atoms. The van der Waals surface area contributed by atoms with Crippen LogP contribution in [0.4, 0.5) is 5.82 Å². The second-order valence-corrected chi connectivity index (χ2v) is 6.51. The molecule has 26 heavy (non-hydrogen) atoms. The van der Waals surface area contributed by atoms with Crippen LogP contribution in [0.5, 0.6) is 0 Å². The van der Waals surface area contributed by atoms with Gasteiger partial charge in [-0.1, -0.05) is 35.3 Å². The van der Waals surface area contributed by atoms with Gasteiger partial charge in [0.25, 0.3) is 5.91 Å². The fourth-order valence-electron chi connectivity index (χ4n) is 1.89. The number of ether oxygens (including phenoxy) is 2. The van der Waals surface area contributed by atoms with E-state index in [0.29, 0.717) is 17.2 Å². The van der Waals surface area contributed by atoms with Gasteiger partial charge in [-0.3, -0.25) is 4.79 Å². The van der Waals surface area contributed by atoms with Crippen molar-refractivity contribution in [3.8, 4) is 0 Å². The fourth-order valence-corrected chi connectivity index (χ4v) is 2.32. The quantitative estimate of drug-likeness (QED) is 0.712. The van der Waals surface area contributed by atoms with Crippen LogP contribution in [-0.2, 0) is 20.9 Å². The maximum Gasteiger partial charge on any atom is 0.338 e. The van der Waals surface area contributed by atoms with Gasteiger partial charge in [-0.2, -0.15) is 0 Å². The minimum Gasteiger partial charge on any atom is -0.452 e. The van der Waals surface area contributed by atoms with E-state index in [9.17, 15) is 9.59 Å². The Morgan fingerprint density at radius 1 is 1.19 bits per heavy atom. The molecule has 138 valence electrons. The van der Waals surface area contributed by atoms with E-state index in [1.165, 1.54) is 12.3 Å². The third-order valence-electron chi connectivity index (χ3n) is 3.17. The Balaban J connectivity index is 1.84. The van der Waals surface area contributed by atoms with E-state index in [1.54, 1.807) is 24.3 Å². The Bertz CT molecular complexity index is 779. The number of rotatable bonds is 7. The van der Waals surface area contributed by atoms with Crippen molar-refractivity contribution < 1.29 is 19.1 Å². The summed E-state index contributed by atoms with van der Waals surface area (Å²) in [7, 11) is 0. The lowest BCUT2D eigenvalue weighted by atomic mass is 10.1. The second-order valence-electron chi connectivity index (χ2n) is 5.66. The number of hydrogen-bond donors (Lipinski definition) is 1. The zero-order valence-corrected chi connectivity index (χ0v) is 15.8. The molecule has 2 aromatic rings. The van der Waals surface area contributed by atoms with Crippen molar-refractivity contribution in [2.24, 2.45) is 0 Å². The lowest BCUT2D eigenvalue weighted by Crippen LogP contribution is -2.21. The number of nitrogens with zero attached hydrogens (tertiary/aromatic N) is 1. The number of pyridine rings is 1. The number of aromatic nitrogens is 1. The van der Waals surface area contributed by atoms with Gasteiger partial charge in [0.05, 0.1) is 28.3 Å². The van der Waals surface area contributed by atoms with Crippen LogP contribution >= 0.6 is 23.2 Å². The topological polar surface area (TPSA) is 77.5 Å². The molecule has 1 aromatic heterocycles. The Hall–Kier alpha value is -2.15. The van der Waals surface area contributed by atoms with Crippen LogP contribution in [0.15, 0.2) is 36.5 Å². The minimum atomic E-state index is -0.605. The van der Waals surface area contributed by atoms with Crippen molar-refractivity contribution in [2.75, 3.05) is 11.9 Å². The van der Waals surface area contributed by atoms with Crippen LogP contribution in [0.1, 0.15) is 29.8 Å². The van der Waals surface area contributed by atoms with Crippen molar-refractivity contribution in [3.05, 3.63) is 57.7 Å². The molecule has 0 fully saturated rings. The Labute approximate surface area is 161 Å². The maximum absolute atomic E-state index is 12.0. The molecule has 0 atom stereocenters. The highest BCUT2D eigenvalue weighted by molar-refractivity contribution is 6.36. The van der Waals surface area contributed by atoms with E-state index in [4.69, 9.17) is 32.7 Å². The molecule has 1 aromatic carbocycles. The number of nitrogens with one attached hydrogen (secondary N) is 1. The number of carbonyl (C=O) groups excluding carboxylic acids is 2. The maximum atomic E-state index is 12.0. The number of amides is 1.